The molecule has 0 spiro atoms. The Morgan fingerprint density at radius 3 is 2.56 bits per heavy atom. The standard InChI is InChI=1S/C12H15BrO3/c1-3-16-11(15)12(2,13)10(14)9-7-5-4-6-8-9/h4-8,10,14H,3H2,1-2H3. The van der Waals surface area contributed by atoms with Crippen molar-refractivity contribution in [3.05, 3.63) is 35.9 Å². The van der Waals surface area contributed by atoms with E-state index in [0.29, 0.717) is 12.2 Å². The summed E-state index contributed by atoms with van der Waals surface area (Å²) in [7, 11) is 0. The number of hydrogen-bond donors (Lipinski definition) is 1. The molecule has 0 saturated carbocycles. The second kappa shape index (κ2) is 5.46. The minimum absolute atomic E-state index is 0.293. The number of alkyl halides is 1. The molecule has 0 saturated heterocycles. The first-order valence-corrected chi connectivity index (χ1v) is 5.88. The van der Waals surface area contributed by atoms with Crippen LogP contribution in [-0.2, 0) is 9.53 Å². The number of carbonyl (C=O) groups excluding carboxylic acids is 1. The van der Waals surface area contributed by atoms with E-state index in [1.165, 1.54) is 0 Å². The molecule has 0 aromatic heterocycles. The van der Waals surface area contributed by atoms with E-state index in [4.69, 9.17) is 4.74 Å². The Labute approximate surface area is 104 Å². The summed E-state index contributed by atoms with van der Waals surface area (Å²) in [6.07, 6.45) is -0.937. The Bertz CT molecular complexity index is 349. The monoisotopic (exact) mass is 286 g/mol. The Morgan fingerprint density at radius 1 is 1.50 bits per heavy atom. The number of carbonyl (C=O) groups is 1. The Morgan fingerprint density at radius 2 is 2.06 bits per heavy atom. The van der Waals surface area contributed by atoms with E-state index in [-0.39, 0.29) is 0 Å². The van der Waals surface area contributed by atoms with Gasteiger partial charge in [0.2, 0.25) is 0 Å². The number of benzene rings is 1. The van der Waals surface area contributed by atoms with E-state index >= 15 is 0 Å². The molecule has 2 atom stereocenters. The van der Waals surface area contributed by atoms with E-state index in [2.05, 4.69) is 15.9 Å². The van der Waals surface area contributed by atoms with Crippen LogP contribution in [0.4, 0.5) is 0 Å². The van der Waals surface area contributed by atoms with Crippen molar-refractivity contribution in [2.24, 2.45) is 0 Å². The van der Waals surface area contributed by atoms with Crippen LogP contribution >= 0.6 is 15.9 Å². The molecule has 3 nitrogen and oxygen atoms in total. The number of aliphatic hydroxyl groups is 1. The van der Waals surface area contributed by atoms with Gasteiger partial charge in [0.25, 0.3) is 0 Å². The molecule has 1 aromatic carbocycles. The molecule has 1 N–H and O–H groups in total. The molecule has 0 radical (unpaired) electrons. The third kappa shape index (κ3) is 2.83. The van der Waals surface area contributed by atoms with Gasteiger partial charge in [0.05, 0.1) is 6.61 Å². The van der Waals surface area contributed by atoms with Crippen molar-refractivity contribution in [1.29, 1.82) is 0 Å². The zero-order chi connectivity index (χ0) is 12.2. The fourth-order valence-electron chi connectivity index (χ4n) is 1.33. The van der Waals surface area contributed by atoms with Gasteiger partial charge in [0, 0.05) is 0 Å². The van der Waals surface area contributed by atoms with Crippen LogP contribution in [0.3, 0.4) is 0 Å². The molecular weight excluding hydrogens is 272 g/mol. The summed E-state index contributed by atoms with van der Waals surface area (Å²) in [5.74, 6) is -0.466. The van der Waals surface area contributed by atoms with Crippen molar-refractivity contribution in [3.8, 4) is 0 Å². The summed E-state index contributed by atoms with van der Waals surface area (Å²) in [6, 6.07) is 9.01. The maximum Gasteiger partial charge on any atom is 0.325 e. The summed E-state index contributed by atoms with van der Waals surface area (Å²) >= 11 is 3.23. The molecule has 1 rings (SSSR count). The van der Waals surface area contributed by atoms with E-state index in [9.17, 15) is 9.90 Å². The normalized spacial score (nSPS) is 16.2. The van der Waals surface area contributed by atoms with Gasteiger partial charge in [-0.15, -0.1) is 0 Å². The predicted molar refractivity (Wildman–Crippen MR) is 65.4 cm³/mol. The van der Waals surface area contributed by atoms with Crippen LogP contribution in [0, 0.1) is 0 Å². The second-order valence-corrected chi connectivity index (χ2v) is 5.26. The smallest absolute Gasteiger partial charge is 0.325 e. The van der Waals surface area contributed by atoms with Crippen LogP contribution < -0.4 is 0 Å². The third-order valence-corrected chi connectivity index (χ3v) is 3.06. The van der Waals surface area contributed by atoms with Gasteiger partial charge in [-0.2, -0.15) is 0 Å². The Balaban J connectivity index is 2.87. The average Bonchev–Trinajstić information content (AvgIpc) is 2.29. The number of ether oxygens (including phenoxy) is 1. The fraction of sp³-hybridized carbons (Fsp3) is 0.417. The number of esters is 1. The Kier molecular flexibility index (Phi) is 4.50. The predicted octanol–water partition coefficient (Wildman–Crippen LogP) is 2.44. The van der Waals surface area contributed by atoms with E-state index in [0.717, 1.165) is 0 Å². The largest absolute Gasteiger partial charge is 0.465 e. The lowest BCUT2D eigenvalue weighted by Gasteiger charge is -2.26. The number of rotatable bonds is 4. The molecule has 0 amide bonds. The number of hydrogen-bond acceptors (Lipinski definition) is 3. The molecule has 0 aliphatic heterocycles. The lowest BCUT2D eigenvalue weighted by molar-refractivity contribution is -0.148. The summed E-state index contributed by atoms with van der Waals surface area (Å²) in [5.41, 5.74) is 0.676. The minimum atomic E-state index is -1.12. The van der Waals surface area contributed by atoms with Crippen molar-refractivity contribution in [2.75, 3.05) is 6.61 Å². The van der Waals surface area contributed by atoms with Crippen LogP contribution in [0.5, 0.6) is 0 Å². The van der Waals surface area contributed by atoms with Crippen LogP contribution in [0.15, 0.2) is 30.3 Å². The van der Waals surface area contributed by atoms with Crippen molar-refractivity contribution in [3.63, 3.8) is 0 Å². The van der Waals surface area contributed by atoms with Gasteiger partial charge >= 0.3 is 5.97 Å². The highest BCUT2D eigenvalue weighted by Crippen LogP contribution is 2.34. The topological polar surface area (TPSA) is 46.5 Å². The highest BCUT2D eigenvalue weighted by Gasteiger charge is 2.40. The molecule has 16 heavy (non-hydrogen) atoms. The van der Waals surface area contributed by atoms with Gasteiger partial charge in [-0.3, -0.25) is 4.79 Å². The first-order valence-electron chi connectivity index (χ1n) is 5.09. The van der Waals surface area contributed by atoms with Gasteiger partial charge < -0.3 is 9.84 Å². The molecule has 0 fully saturated rings. The molecule has 1 aromatic rings. The lowest BCUT2D eigenvalue weighted by Crippen LogP contribution is -2.37. The first kappa shape index (κ1) is 13.2. The van der Waals surface area contributed by atoms with E-state index in [1.807, 2.05) is 18.2 Å². The van der Waals surface area contributed by atoms with Crippen LogP contribution in [0.2, 0.25) is 0 Å². The number of aliphatic hydroxyl groups excluding tert-OH is 1. The molecule has 0 aliphatic rings. The Hall–Kier alpha value is -0.870. The summed E-state index contributed by atoms with van der Waals surface area (Å²) < 4.78 is 3.78. The molecule has 88 valence electrons. The quantitative estimate of drug-likeness (QED) is 0.683. The lowest BCUT2D eigenvalue weighted by atomic mass is 9.97. The summed E-state index contributed by atoms with van der Waals surface area (Å²) in [5, 5.41) is 10.1. The molecular formula is C12H15BrO3. The first-order chi connectivity index (χ1) is 7.50. The third-order valence-electron chi connectivity index (χ3n) is 2.30. The van der Waals surface area contributed by atoms with Gasteiger partial charge in [0.15, 0.2) is 0 Å². The van der Waals surface area contributed by atoms with E-state index < -0.39 is 16.4 Å². The molecule has 0 bridgehead atoms. The van der Waals surface area contributed by atoms with E-state index in [1.54, 1.807) is 26.0 Å². The van der Waals surface area contributed by atoms with Gasteiger partial charge in [0.1, 0.15) is 10.4 Å². The van der Waals surface area contributed by atoms with Crippen molar-refractivity contribution < 1.29 is 14.6 Å². The average molecular weight is 287 g/mol. The molecule has 0 heterocycles. The fourth-order valence-corrected chi connectivity index (χ4v) is 1.71. The summed E-state index contributed by atoms with van der Waals surface area (Å²) in [6.45, 7) is 3.63. The zero-order valence-corrected chi connectivity index (χ0v) is 10.9. The second-order valence-electron chi connectivity index (χ2n) is 3.61. The molecule has 4 heteroatoms. The van der Waals surface area contributed by atoms with Gasteiger partial charge in [-0.25, -0.2) is 0 Å². The van der Waals surface area contributed by atoms with Gasteiger partial charge in [-0.05, 0) is 19.4 Å². The number of halogens is 1. The van der Waals surface area contributed by atoms with Crippen LogP contribution in [0.25, 0.3) is 0 Å². The highest BCUT2D eigenvalue weighted by atomic mass is 79.9. The van der Waals surface area contributed by atoms with Crippen molar-refractivity contribution >= 4 is 21.9 Å². The zero-order valence-electron chi connectivity index (χ0n) is 9.31. The van der Waals surface area contributed by atoms with Crippen molar-refractivity contribution in [2.45, 2.75) is 24.3 Å². The maximum absolute atomic E-state index is 11.7. The maximum atomic E-state index is 11.7. The van der Waals surface area contributed by atoms with Crippen LogP contribution in [-0.4, -0.2) is 22.0 Å². The SMILES string of the molecule is CCOC(=O)C(C)(Br)C(O)c1ccccc1. The van der Waals surface area contributed by atoms with Crippen LogP contribution in [0.1, 0.15) is 25.5 Å². The molecule has 2 unspecified atom stereocenters. The highest BCUT2D eigenvalue weighted by molar-refractivity contribution is 9.10. The minimum Gasteiger partial charge on any atom is -0.465 e. The molecule has 0 aliphatic carbocycles. The summed E-state index contributed by atoms with van der Waals surface area (Å²) in [4.78, 5) is 11.7. The van der Waals surface area contributed by atoms with Gasteiger partial charge in [-0.1, -0.05) is 46.3 Å². The van der Waals surface area contributed by atoms with Crippen molar-refractivity contribution in [1.82, 2.24) is 0 Å².